The second-order valence-corrected chi connectivity index (χ2v) is 8.59. The van der Waals surface area contributed by atoms with Crippen molar-refractivity contribution in [3.63, 3.8) is 0 Å². The highest BCUT2D eigenvalue weighted by Gasteiger charge is 2.33. The first-order valence-corrected chi connectivity index (χ1v) is 10.8. The molecule has 1 N–H and O–H groups in total. The average molecular weight is 487 g/mol. The third-order valence-corrected chi connectivity index (χ3v) is 6.23. The van der Waals surface area contributed by atoms with Crippen LogP contribution < -0.4 is 4.74 Å². The fourth-order valence-electron chi connectivity index (χ4n) is 3.73. The summed E-state index contributed by atoms with van der Waals surface area (Å²) < 4.78 is 6.82. The molecule has 0 bridgehead atoms. The van der Waals surface area contributed by atoms with Gasteiger partial charge >= 0.3 is 5.97 Å². The third-order valence-electron chi connectivity index (χ3n) is 4.99. The predicted octanol–water partition coefficient (Wildman–Crippen LogP) is 6.04. The lowest BCUT2D eigenvalue weighted by molar-refractivity contribution is -0.143. The van der Waals surface area contributed by atoms with Crippen molar-refractivity contribution >= 4 is 45.1 Å². The number of likely N-dealkylation sites (tertiary alicyclic amines) is 1. The van der Waals surface area contributed by atoms with E-state index >= 15 is 0 Å². The van der Waals surface area contributed by atoms with Crippen LogP contribution in [0, 0.1) is 5.92 Å². The zero-order chi connectivity index (χ0) is 20.3. The summed E-state index contributed by atoms with van der Waals surface area (Å²) in [6.07, 6.45) is 1.52. The Bertz CT molecular complexity index is 862. The van der Waals surface area contributed by atoms with Crippen LogP contribution in [0.1, 0.15) is 36.9 Å². The van der Waals surface area contributed by atoms with Gasteiger partial charge in [0.1, 0.15) is 5.75 Å². The van der Waals surface area contributed by atoms with Gasteiger partial charge in [-0.15, -0.1) is 0 Å². The molecule has 150 valence electrons. The molecule has 1 aliphatic rings. The lowest BCUT2D eigenvalue weighted by atomic mass is 9.91. The first-order valence-electron chi connectivity index (χ1n) is 9.24. The van der Waals surface area contributed by atoms with Gasteiger partial charge in [0.25, 0.3) is 0 Å². The summed E-state index contributed by atoms with van der Waals surface area (Å²) in [5.41, 5.74) is 1.93. The van der Waals surface area contributed by atoms with Crippen molar-refractivity contribution in [2.45, 2.75) is 25.8 Å². The van der Waals surface area contributed by atoms with Gasteiger partial charge in [0.2, 0.25) is 0 Å². The maximum atomic E-state index is 11.6. The fourth-order valence-corrected chi connectivity index (χ4v) is 4.42. The highest BCUT2D eigenvalue weighted by atomic mass is 79.9. The van der Waals surface area contributed by atoms with Crippen LogP contribution in [0.3, 0.4) is 0 Å². The van der Waals surface area contributed by atoms with Gasteiger partial charge in [-0.25, -0.2) is 0 Å². The molecule has 0 aromatic heterocycles. The Morgan fingerprint density at radius 2 is 2.07 bits per heavy atom. The fraction of sp³-hybridized carbons (Fsp3) is 0.381. The molecule has 0 spiro atoms. The summed E-state index contributed by atoms with van der Waals surface area (Å²) in [6.45, 7) is 3.76. The lowest BCUT2D eigenvalue weighted by Gasteiger charge is -2.38. The number of hydrogen-bond donors (Lipinski definition) is 1. The standard InChI is InChI=1S/C21H22BrCl2NO3/c1-2-28-19-8-6-15(22)11-16(19)20(13-5-7-17(23)18(24)10-13)25-9-3-4-14(12-25)21(26)27/h5-8,10-11,14,20H,2-4,9,12H2,1H3,(H,26,27). The third kappa shape index (κ3) is 4.82. The molecule has 0 amide bonds. The average Bonchev–Trinajstić information content (AvgIpc) is 2.67. The summed E-state index contributed by atoms with van der Waals surface area (Å²) in [6, 6.07) is 11.3. The Morgan fingerprint density at radius 1 is 1.29 bits per heavy atom. The number of halogens is 3. The van der Waals surface area contributed by atoms with Crippen molar-refractivity contribution in [3.05, 3.63) is 62.0 Å². The molecular weight excluding hydrogens is 465 g/mol. The number of carboxylic acids is 1. The van der Waals surface area contributed by atoms with E-state index in [9.17, 15) is 9.90 Å². The van der Waals surface area contributed by atoms with Crippen LogP contribution in [0.4, 0.5) is 0 Å². The number of aliphatic carboxylic acids is 1. The number of carbonyl (C=O) groups is 1. The number of ether oxygens (including phenoxy) is 1. The summed E-state index contributed by atoms with van der Waals surface area (Å²) in [5, 5.41) is 10.5. The van der Waals surface area contributed by atoms with Crippen molar-refractivity contribution in [2.75, 3.05) is 19.7 Å². The highest BCUT2D eigenvalue weighted by molar-refractivity contribution is 9.10. The summed E-state index contributed by atoms with van der Waals surface area (Å²) in [7, 11) is 0. The van der Waals surface area contributed by atoms with Gasteiger partial charge in [-0.3, -0.25) is 9.69 Å². The lowest BCUT2D eigenvalue weighted by Crippen LogP contribution is -2.41. The van der Waals surface area contributed by atoms with E-state index in [4.69, 9.17) is 27.9 Å². The Balaban J connectivity index is 2.11. The number of rotatable bonds is 6. The van der Waals surface area contributed by atoms with E-state index in [-0.39, 0.29) is 12.0 Å². The van der Waals surface area contributed by atoms with E-state index in [0.717, 1.165) is 34.3 Å². The molecule has 1 heterocycles. The van der Waals surface area contributed by atoms with Crippen LogP contribution in [0.5, 0.6) is 5.75 Å². The van der Waals surface area contributed by atoms with Crippen LogP contribution >= 0.6 is 39.1 Å². The first-order chi connectivity index (χ1) is 13.4. The molecule has 1 fully saturated rings. The van der Waals surface area contributed by atoms with Crippen LogP contribution in [0.25, 0.3) is 0 Å². The predicted molar refractivity (Wildman–Crippen MR) is 116 cm³/mol. The van der Waals surface area contributed by atoms with Gasteiger partial charge in [0.05, 0.1) is 28.6 Å². The van der Waals surface area contributed by atoms with Crippen LogP contribution in [0.15, 0.2) is 40.9 Å². The molecule has 7 heteroatoms. The van der Waals surface area contributed by atoms with Gasteiger partial charge in [0.15, 0.2) is 0 Å². The van der Waals surface area contributed by atoms with E-state index in [1.807, 2.05) is 37.3 Å². The Kier molecular flexibility index (Phi) is 7.26. The van der Waals surface area contributed by atoms with Crippen molar-refractivity contribution < 1.29 is 14.6 Å². The van der Waals surface area contributed by atoms with Crippen LogP contribution in [0.2, 0.25) is 10.0 Å². The summed E-state index contributed by atoms with van der Waals surface area (Å²) in [5.74, 6) is -0.363. The first kappa shape index (κ1) is 21.4. The zero-order valence-electron chi connectivity index (χ0n) is 15.5. The molecule has 4 nitrogen and oxygen atoms in total. The van der Waals surface area contributed by atoms with E-state index in [0.29, 0.717) is 29.6 Å². The molecule has 0 radical (unpaired) electrons. The van der Waals surface area contributed by atoms with E-state index in [2.05, 4.69) is 20.8 Å². The van der Waals surface area contributed by atoms with E-state index < -0.39 is 5.97 Å². The Hall–Kier alpha value is -1.27. The molecule has 2 unspecified atom stereocenters. The number of nitrogens with zero attached hydrogens (tertiary/aromatic N) is 1. The van der Waals surface area contributed by atoms with Gasteiger partial charge in [0, 0.05) is 16.6 Å². The highest BCUT2D eigenvalue weighted by Crippen LogP contribution is 2.40. The maximum absolute atomic E-state index is 11.6. The molecule has 0 saturated carbocycles. The number of piperidine rings is 1. The van der Waals surface area contributed by atoms with Crippen LogP contribution in [-0.2, 0) is 4.79 Å². The minimum absolute atomic E-state index is 0.184. The minimum atomic E-state index is -0.753. The van der Waals surface area contributed by atoms with Gasteiger partial charge in [-0.05, 0) is 62.2 Å². The maximum Gasteiger partial charge on any atom is 0.307 e. The number of benzene rings is 2. The SMILES string of the molecule is CCOc1ccc(Br)cc1C(c1ccc(Cl)c(Cl)c1)N1CCCC(C(=O)O)C1. The summed E-state index contributed by atoms with van der Waals surface area (Å²) in [4.78, 5) is 13.8. The molecule has 2 atom stereocenters. The second-order valence-electron chi connectivity index (χ2n) is 6.86. The quantitative estimate of drug-likeness (QED) is 0.540. The number of hydrogen-bond acceptors (Lipinski definition) is 3. The number of carboxylic acid groups (broad SMARTS) is 1. The topological polar surface area (TPSA) is 49.8 Å². The molecule has 3 rings (SSSR count). The van der Waals surface area contributed by atoms with Crippen molar-refractivity contribution in [1.82, 2.24) is 4.90 Å². The van der Waals surface area contributed by atoms with Gasteiger partial charge < -0.3 is 9.84 Å². The molecule has 2 aromatic carbocycles. The van der Waals surface area contributed by atoms with Crippen molar-refractivity contribution in [1.29, 1.82) is 0 Å². The minimum Gasteiger partial charge on any atom is -0.494 e. The van der Waals surface area contributed by atoms with Crippen molar-refractivity contribution in [2.24, 2.45) is 5.92 Å². The largest absolute Gasteiger partial charge is 0.494 e. The molecule has 1 aliphatic heterocycles. The molecular formula is C21H22BrCl2NO3. The normalized spacial score (nSPS) is 18.6. The van der Waals surface area contributed by atoms with Gasteiger partial charge in [-0.1, -0.05) is 45.2 Å². The van der Waals surface area contributed by atoms with E-state index in [1.54, 1.807) is 6.07 Å². The van der Waals surface area contributed by atoms with E-state index in [1.165, 1.54) is 0 Å². The monoisotopic (exact) mass is 485 g/mol. The smallest absolute Gasteiger partial charge is 0.307 e. The van der Waals surface area contributed by atoms with Crippen molar-refractivity contribution in [3.8, 4) is 5.75 Å². The van der Waals surface area contributed by atoms with Gasteiger partial charge in [-0.2, -0.15) is 0 Å². The zero-order valence-corrected chi connectivity index (χ0v) is 18.6. The van der Waals surface area contributed by atoms with Crippen LogP contribution in [-0.4, -0.2) is 35.7 Å². The molecule has 28 heavy (non-hydrogen) atoms. The molecule has 2 aromatic rings. The molecule has 1 saturated heterocycles. The Labute approximate surface area is 183 Å². The Morgan fingerprint density at radius 3 is 2.75 bits per heavy atom. The molecule has 0 aliphatic carbocycles. The summed E-state index contributed by atoms with van der Waals surface area (Å²) >= 11 is 16.0. The second kappa shape index (κ2) is 9.49.